The SMILES string of the molecule is O=C(Nc1ccc(Cl)c(Cl)c1)c1ccc(Cl)c(S(=O)(=O)NCC2CCCO2)c1. The molecule has 3 rings (SSSR count). The summed E-state index contributed by atoms with van der Waals surface area (Å²) in [6.45, 7) is 0.774. The van der Waals surface area contributed by atoms with Crippen molar-refractivity contribution in [3.05, 3.63) is 57.0 Å². The number of halogens is 3. The van der Waals surface area contributed by atoms with E-state index in [9.17, 15) is 13.2 Å². The van der Waals surface area contributed by atoms with Crippen LogP contribution in [0.5, 0.6) is 0 Å². The number of benzene rings is 2. The van der Waals surface area contributed by atoms with Crippen molar-refractivity contribution in [3.8, 4) is 0 Å². The molecule has 1 atom stereocenters. The third kappa shape index (κ3) is 5.17. The first-order valence-electron chi connectivity index (χ1n) is 8.43. The highest BCUT2D eigenvalue weighted by molar-refractivity contribution is 7.89. The van der Waals surface area contributed by atoms with Gasteiger partial charge in [0.2, 0.25) is 10.0 Å². The highest BCUT2D eigenvalue weighted by Crippen LogP contribution is 2.26. The van der Waals surface area contributed by atoms with Gasteiger partial charge in [-0.3, -0.25) is 4.79 Å². The van der Waals surface area contributed by atoms with Crippen molar-refractivity contribution in [3.63, 3.8) is 0 Å². The van der Waals surface area contributed by atoms with Gasteiger partial charge in [-0.25, -0.2) is 13.1 Å². The quantitative estimate of drug-likeness (QED) is 0.667. The van der Waals surface area contributed by atoms with Crippen LogP contribution in [-0.2, 0) is 14.8 Å². The molecule has 0 aromatic heterocycles. The standard InChI is InChI=1S/C18H17Cl3N2O4S/c19-14-6-4-12(9-16(14)21)23-18(24)11-3-5-15(20)17(8-11)28(25,26)22-10-13-2-1-7-27-13/h3-6,8-9,13,22H,1-2,7,10H2,(H,23,24). The van der Waals surface area contributed by atoms with E-state index in [4.69, 9.17) is 39.5 Å². The van der Waals surface area contributed by atoms with E-state index in [-0.39, 0.29) is 33.2 Å². The molecule has 10 heteroatoms. The van der Waals surface area contributed by atoms with Crippen molar-refractivity contribution in [2.45, 2.75) is 23.8 Å². The van der Waals surface area contributed by atoms with Crippen LogP contribution < -0.4 is 10.0 Å². The van der Waals surface area contributed by atoms with Crippen LogP contribution in [0.2, 0.25) is 15.1 Å². The van der Waals surface area contributed by atoms with Gasteiger partial charge in [0.05, 0.1) is 21.2 Å². The van der Waals surface area contributed by atoms with Crippen molar-refractivity contribution in [1.82, 2.24) is 4.72 Å². The molecule has 0 spiro atoms. The number of carbonyl (C=O) groups excluding carboxylic acids is 1. The summed E-state index contributed by atoms with van der Waals surface area (Å²) in [6.07, 6.45) is 1.54. The molecular weight excluding hydrogens is 447 g/mol. The third-order valence-corrected chi connectivity index (χ3v) is 6.83. The molecule has 1 fully saturated rings. The largest absolute Gasteiger partial charge is 0.377 e. The molecular formula is C18H17Cl3N2O4S. The average molecular weight is 464 g/mol. The zero-order chi connectivity index (χ0) is 20.3. The summed E-state index contributed by atoms with van der Waals surface area (Å²) in [5, 5.41) is 3.31. The van der Waals surface area contributed by atoms with Crippen LogP contribution in [0.4, 0.5) is 5.69 Å². The van der Waals surface area contributed by atoms with Crippen LogP contribution in [0, 0.1) is 0 Å². The minimum Gasteiger partial charge on any atom is -0.377 e. The van der Waals surface area contributed by atoms with Crippen molar-refractivity contribution in [1.29, 1.82) is 0 Å². The van der Waals surface area contributed by atoms with Crippen LogP contribution in [0.1, 0.15) is 23.2 Å². The summed E-state index contributed by atoms with van der Waals surface area (Å²) >= 11 is 17.9. The van der Waals surface area contributed by atoms with E-state index in [1.165, 1.54) is 24.3 Å². The molecule has 1 aliphatic rings. The fourth-order valence-electron chi connectivity index (χ4n) is 2.71. The predicted octanol–water partition coefficient (Wildman–Crippen LogP) is 4.36. The van der Waals surface area contributed by atoms with E-state index in [1.807, 2.05) is 0 Å². The lowest BCUT2D eigenvalue weighted by Gasteiger charge is -2.13. The number of hydrogen-bond acceptors (Lipinski definition) is 4. The van der Waals surface area contributed by atoms with Crippen LogP contribution in [0.15, 0.2) is 41.3 Å². The molecule has 1 saturated heterocycles. The van der Waals surface area contributed by atoms with Crippen molar-refractivity contribution in [2.24, 2.45) is 0 Å². The fraction of sp³-hybridized carbons (Fsp3) is 0.278. The van der Waals surface area contributed by atoms with E-state index in [2.05, 4.69) is 10.0 Å². The zero-order valence-electron chi connectivity index (χ0n) is 14.5. The normalized spacial score (nSPS) is 16.9. The Labute approximate surface area is 178 Å². The Morgan fingerprint density at radius 2 is 1.82 bits per heavy atom. The molecule has 1 amide bonds. The van der Waals surface area contributed by atoms with E-state index in [0.717, 1.165) is 12.8 Å². The monoisotopic (exact) mass is 462 g/mol. The van der Waals surface area contributed by atoms with Crippen molar-refractivity contribution >= 4 is 56.4 Å². The van der Waals surface area contributed by atoms with Gasteiger partial charge in [0.15, 0.2) is 0 Å². The Morgan fingerprint density at radius 3 is 2.50 bits per heavy atom. The van der Waals surface area contributed by atoms with Crippen molar-refractivity contribution < 1.29 is 17.9 Å². The Balaban J connectivity index is 1.77. The topological polar surface area (TPSA) is 84.5 Å². The van der Waals surface area contributed by atoms with Crippen LogP contribution in [0.3, 0.4) is 0 Å². The van der Waals surface area contributed by atoms with Gasteiger partial charge in [-0.2, -0.15) is 0 Å². The first kappa shape index (κ1) is 21.4. The Hall–Kier alpha value is -1.35. The molecule has 2 aromatic rings. The molecule has 1 aliphatic heterocycles. The second-order valence-corrected chi connectivity index (χ2v) is 9.17. The first-order chi connectivity index (χ1) is 13.3. The molecule has 0 bridgehead atoms. The summed E-state index contributed by atoms with van der Waals surface area (Å²) in [7, 11) is -3.90. The van der Waals surface area contributed by atoms with Gasteiger partial charge in [-0.05, 0) is 49.2 Å². The van der Waals surface area contributed by atoms with E-state index in [0.29, 0.717) is 17.3 Å². The van der Waals surface area contributed by atoms with Gasteiger partial charge < -0.3 is 10.1 Å². The average Bonchev–Trinajstić information content (AvgIpc) is 3.17. The molecule has 0 aliphatic carbocycles. The van der Waals surface area contributed by atoms with Crippen molar-refractivity contribution in [2.75, 3.05) is 18.5 Å². The summed E-state index contributed by atoms with van der Waals surface area (Å²) in [5.41, 5.74) is 0.559. The number of amides is 1. The van der Waals surface area contributed by atoms with E-state index >= 15 is 0 Å². The lowest BCUT2D eigenvalue weighted by molar-refractivity contribution is 0.102. The minimum absolute atomic E-state index is 0.0194. The zero-order valence-corrected chi connectivity index (χ0v) is 17.6. The highest BCUT2D eigenvalue weighted by atomic mass is 35.5. The van der Waals surface area contributed by atoms with E-state index < -0.39 is 15.9 Å². The Morgan fingerprint density at radius 1 is 1.07 bits per heavy atom. The van der Waals surface area contributed by atoms with Gasteiger partial charge in [-0.1, -0.05) is 34.8 Å². The molecule has 0 saturated carbocycles. The number of hydrogen-bond donors (Lipinski definition) is 2. The summed E-state index contributed by atoms with van der Waals surface area (Å²) < 4.78 is 33.1. The van der Waals surface area contributed by atoms with Gasteiger partial charge in [0.1, 0.15) is 4.90 Å². The van der Waals surface area contributed by atoms with Crippen LogP contribution >= 0.6 is 34.8 Å². The summed E-state index contributed by atoms with van der Waals surface area (Å²) in [6, 6.07) is 8.67. The molecule has 2 aromatic carbocycles. The minimum atomic E-state index is -3.90. The smallest absolute Gasteiger partial charge is 0.255 e. The molecule has 6 nitrogen and oxygen atoms in total. The maximum absolute atomic E-state index is 12.6. The highest BCUT2D eigenvalue weighted by Gasteiger charge is 2.23. The predicted molar refractivity (Wildman–Crippen MR) is 110 cm³/mol. The second-order valence-electron chi connectivity index (χ2n) is 6.22. The van der Waals surface area contributed by atoms with E-state index in [1.54, 1.807) is 12.1 Å². The van der Waals surface area contributed by atoms with Gasteiger partial charge in [0.25, 0.3) is 5.91 Å². The number of sulfonamides is 1. The Bertz CT molecular complexity index is 992. The Kier molecular flexibility index (Phi) is 6.85. The lowest BCUT2D eigenvalue weighted by Crippen LogP contribution is -2.32. The number of ether oxygens (including phenoxy) is 1. The van der Waals surface area contributed by atoms with Gasteiger partial charge in [-0.15, -0.1) is 0 Å². The number of rotatable bonds is 6. The molecule has 150 valence electrons. The summed E-state index contributed by atoms with van der Waals surface area (Å²) in [5.74, 6) is -0.509. The molecule has 0 radical (unpaired) electrons. The van der Waals surface area contributed by atoms with Crippen LogP contribution in [-0.4, -0.2) is 33.6 Å². The lowest BCUT2D eigenvalue weighted by atomic mass is 10.2. The second kappa shape index (κ2) is 8.98. The summed E-state index contributed by atoms with van der Waals surface area (Å²) in [4.78, 5) is 12.3. The maximum atomic E-state index is 12.6. The maximum Gasteiger partial charge on any atom is 0.255 e. The number of anilines is 1. The van der Waals surface area contributed by atoms with Crippen LogP contribution in [0.25, 0.3) is 0 Å². The fourth-order valence-corrected chi connectivity index (χ4v) is 4.60. The van der Waals surface area contributed by atoms with Gasteiger partial charge in [0, 0.05) is 24.4 Å². The molecule has 1 heterocycles. The van der Waals surface area contributed by atoms with Gasteiger partial charge >= 0.3 is 0 Å². The number of carbonyl (C=O) groups is 1. The number of nitrogens with one attached hydrogen (secondary N) is 2. The molecule has 1 unspecified atom stereocenters. The third-order valence-electron chi connectivity index (χ3n) is 4.19. The first-order valence-corrected chi connectivity index (χ1v) is 11.1. The molecule has 28 heavy (non-hydrogen) atoms. The molecule has 2 N–H and O–H groups in total.